The molecule has 0 spiro atoms. The Labute approximate surface area is 83.6 Å². The smallest absolute Gasteiger partial charge is 0.0655 e. The molecule has 0 atom stereocenters. The summed E-state index contributed by atoms with van der Waals surface area (Å²) in [5.41, 5.74) is 0. The van der Waals surface area contributed by atoms with Crippen LogP contribution in [0.4, 0.5) is 0 Å². The number of nitrogens with one attached hydrogen (secondary N) is 1. The van der Waals surface area contributed by atoms with Crippen LogP contribution in [0.15, 0.2) is 0 Å². The third kappa shape index (κ3) is 2.88. The standard InChI is InChI=1S/C6H11I2N/c7-6(8)5-1-3-9-4-2-5/h5-6,9H,1-4H2. The van der Waals surface area contributed by atoms with Gasteiger partial charge in [-0.15, -0.1) is 0 Å². The lowest BCUT2D eigenvalue weighted by atomic mass is 10.0. The third-order valence-electron chi connectivity index (χ3n) is 1.74. The van der Waals surface area contributed by atoms with Crippen LogP contribution in [-0.2, 0) is 0 Å². The largest absolute Gasteiger partial charge is 0.317 e. The van der Waals surface area contributed by atoms with Crippen LogP contribution >= 0.6 is 45.2 Å². The summed E-state index contributed by atoms with van der Waals surface area (Å²) in [6.45, 7) is 2.46. The number of rotatable bonds is 1. The Balaban J connectivity index is 2.23. The Bertz CT molecular complexity index is 79.1. The number of hydrogen-bond acceptors (Lipinski definition) is 1. The summed E-state index contributed by atoms with van der Waals surface area (Å²) in [4.78, 5) is 0. The average Bonchev–Trinajstić information content (AvgIpc) is 1.90. The van der Waals surface area contributed by atoms with Gasteiger partial charge in [-0.2, -0.15) is 0 Å². The molecule has 54 valence electrons. The summed E-state index contributed by atoms with van der Waals surface area (Å²) >= 11 is 5.04. The summed E-state index contributed by atoms with van der Waals surface area (Å²) in [6.07, 6.45) is 2.74. The van der Waals surface area contributed by atoms with Crippen molar-refractivity contribution < 1.29 is 0 Å². The predicted molar refractivity (Wildman–Crippen MR) is 57.4 cm³/mol. The van der Waals surface area contributed by atoms with Gasteiger partial charge in [0.15, 0.2) is 0 Å². The molecule has 1 fully saturated rings. The molecular formula is C6H11I2N. The van der Waals surface area contributed by atoms with E-state index in [1.807, 2.05) is 0 Å². The topological polar surface area (TPSA) is 12.0 Å². The fourth-order valence-electron chi connectivity index (χ4n) is 1.10. The van der Waals surface area contributed by atoms with Crippen molar-refractivity contribution in [3.05, 3.63) is 0 Å². The van der Waals surface area contributed by atoms with E-state index in [0.29, 0.717) is 0 Å². The molecule has 0 amide bonds. The van der Waals surface area contributed by atoms with Gasteiger partial charge in [0.25, 0.3) is 0 Å². The summed E-state index contributed by atoms with van der Waals surface area (Å²) < 4.78 is 0.835. The maximum absolute atomic E-state index is 3.36. The van der Waals surface area contributed by atoms with Crippen molar-refractivity contribution in [3.8, 4) is 0 Å². The van der Waals surface area contributed by atoms with E-state index in [1.54, 1.807) is 0 Å². The predicted octanol–water partition coefficient (Wildman–Crippen LogP) is 2.18. The zero-order chi connectivity index (χ0) is 6.69. The number of hydrogen-bond donors (Lipinski definition) is 1. The van der Waals surface area contributed by atoms with E-state index in [9.17, 15) is 0 Å². The molecular weight excluding hydrogens is 340 g/mol. The molecule has 9 heavy (non-hydrogen) atoms. The van der Waals surface area contributed by atoms with Crippen LogP contribution in [0.5, 0.6) is 0 Å². The molecule has 1 aliphatic rings. The molecule has 1 saturated heterocycles. The zero-order valence-corrected chi connectivity index (χ0v) is 9.55. The molecule has 1 rings (SSSR count). The molecule has 0 unspecified atom stereocenters. The zero-order valence-electron chi connectivity index (χ0n) is 5.24. The molecule has 0 aromatic rings. The SMILES string of the molecule is IC(I)C1CCNCC1. The second kappa shape index (κ2) is 4.33. The molecule has 3 heteroatoms. The highest BCUT2D eigenvalue weighted by atomic mass is 127. The molecule has 0 aromatic carbocycles. The molecule has 1 aliphatic heterocycles. The van der Waals surface area contributed by atoms with E-state index in [0.717, 1.165) is 7.85 Å². The first kappa shape index (κ1) is 8.52. The van der Waals surface area contributed by atoms with Gasteiger partial charge in [0.1, 0.15) is 0 Å². The van der Waals surface area contributed by atoms with Crippen LogP contribution < -0.4 is 5.32 Å². The lowest BCUT2D eigenvalue weighted by molar-refractivity contribution is 0.407. The quantitative estimate of drug-likeness (QED) is 0.564. The third-order valence-corrected chi connectivity index (χ3v) is 3.77. The van der Waals surface area contributed by atoms with Crippen molar-refractivity contribution >= 4 is 45.2 Å². The molecule has 1 N–H and O–H groups in total. The monoisotopic (exact) mass is 351 g/mol. The minimum atomic E-state index is 0.835. The van der Waals surface area contributed by atoms with Gasteiger partial charge in [0, 0.05) is 0 Å². The van der Waals surface area contributed by atoms with Gasteiger partial charge in [-0.05, 0) is 31.8 Å². The van der Waals surface area contributed by atoms with Crippen molar-refractivity contribution in [2.24, 2.45) is 5.92 Å². The van der Waals surface area contributed by atoms with Crippen LogP contribution in [0.2, 0.25) is 0 Å². The van der Waals surface area contributed by atoms with Gasteiger partial charge in [-0.1, -0.05) is 45.2 Å². The Morgan fingerprint density at radius 1 is 1.22 bits per heavy atom. The second-order valence-electron chi connectivity index (χ2n) is 2.42. The Morgan fingerprint density at radius 3 is 2.11 bits per heavy atom. The maximum Gasteiger partial charge on any atom is 0.0655 e. The van der Waals surface area contributed by atoms with Crippen molar-refractivity contribution in [2.45, 2.75) is 14.8 Å². The van der Waals surface area contributed by atoms with Crippen molar-refractivity contribution in [1.82, 2.24) is 5.32 Å². The van der Waals surface area contributed by atoms with Gasteiger partial charge in [-0.3, -0.25) is 0 Å². The van der Waals surface area contributed by atoms with Crippen LogP contribution in [0.3, 0.4) is 0 Å². The Morgan fingerprint density at radius 2 is 1.78 bits per heavy atom. The first-order chi connectivity index (χ1) is 4.30. The first-order valence-electron chi connectivity index (χ1n) is 3.29. The minimum absolute atomic E-state index is 0.835. The van der Waals surface area contributed by atoms with Crippen LogP contribution in [0, 0.1) is 5.92 Å². The van der Waals surface area contributed by atoms with Gasteiger partial charge in [0.05, 0.1) is 1.93 Å². The summed E-state index contributed by atoms with van der Waals surface area (Å²) in [5, 5.41) is 3.36. The van der Waals surface area contributed by atoms with E-state index in [2.05, 4.69) is 50.5 Å². The van der Waals surface area contributed by atoms with Crippen LogP contribution in [-0.4, -0.2) is 15.0 Å². The first-order valence-corrected chi connectivity index (χ1v) is 5.78. The van der Waals surface area contributed by atoms with Gasteiger partial charge in [0.2, 0.25) is 0 Å². The average molecular weight is 351 g/mol. The number of halogens is 2. The van der Waals surface area contributed by atoms with Crippen LogP contribution in [0.25, 0.3) is 0 Å². The summed E-state index contributed by atoms with van der Waals surface area (Å²) in [6, 6.07) is 0. The molecule has 1 heterocycles. The van der Waals surface area contributed by atoms with E-state index in [4.69, 9.17) is 0 Å². The Kier molecular flexibility index (Phi) is 4.10. The molecule has 0 bridgehead atoms. The minimum Gasteiger partial charge on any atom is -0.317 e. The highest BCUT2D eigenvalue weighted by Crippen LogP contribution is 2.27. The molecule has 0 aromatic heterocycles. The maximum atomic E-state index is 3.36. The van der Waals surface area contributed by atoms with E-state index < -0.39 is 0 Å². The van der Waals surface area contributed by atoms with Gasteiger partial charge < -0.3 is 5.32 Å². The van der Waals surface area contributed by atoms with Crippen molar-refractivity contribution in [3.63, 3.8) is 0 Å². The number of piperidine rings is 1. The fourth-order valence-corrected chi connectivity index (χ4v) is 2.53. The van der Waals surface area contributed by atoms with Crippen molar-refractivity contribution in [1.29, 1.82) is 0 Å². The summed E-state index contributed by atoms with van der Waals surface area (Å²) in [7, 11) is 0. The van der Waals surface area contributed by atoms with E-state index in [1.165, 1.54) is 25.9 Å². The Hall–Kier alpha value is 1.42. The molecule has 1 nitrogen and oxygen atoms in total. The van der Waals surface area contributed by atoms with E-state index >= 15 is 0 Å². The highest BCUT2D eigenvalue weighted by molar-refractivity contribution is 14.2. The molecule has 0 aliphatic carbocycles. The molecule has 0 radical (unpaired) electrons. The number of alkyl halides is 2. The molecule has 0 saturated carbocycles. The van der Waals surface area contributed by atoms with Gasteiger partial charge >= 0.3 is 0 Å². The summed E-state index contributed by atoms with van der Waals surface area (Å²) in [5.74, 6) is 0.965. The highest BCUT2D eigenvalue weighted by Gasteiger charge is 2.17. The fraction of sp³-hybridized carbons (Fsp3) is 1.00. The lowest BCUT2D eigenvalue weighted by Gasteiger charge is -2.23. The van der Waals surface area contributed by atoms with Crippen LogP contribution in [0.1, 0.15) is 12.8 Å². The van der Waals surface area contributed by atoms with E-state index in [-0.39, 0.29) is 0 Å². The van der Waals surface area contributed by atoms with Gasteiger partial charge in [-0.25, -0.2) is 0 Å². The normalized spacial score (nSPS) is 23.0. The van der Waals surface area contributed by atoms with Crippen molar-refractivity contribution in [2.75, 3.05) is 13.1 Å². The second-order valence-corrected chi connectivity index (χ2v) is 7.49. The lowest BCUT2D eigenvalue weighted by Crippen LogP contribution is -2.30.